The average Bonchev–Trinajstić information content (AvgIpc) is 3.13. The van der Waals surface area contributed by atoms with Gasteiger partial charge >= 0.3 is 5.97 Å². The standard InChI is InChI=1S/C24H29BrN2O3S/c1-2-30-24(29)21-19-7-3-4-8-20(19)31-23(21)26-22(28)17-6-5-13-27(15-17)14-16-9-11-18(25)12-10-16/h9-12,17H,2-8,13-15H2,1H3,(H,26,28). The molecule has 1 aliphatic carbocycles. The van der Waals surface area contributed by atoms with E-state index in [1.54, 1.807) is 11.3 Å². The van der Waals surface area contributed by atoms with E-state index < -0.39 is 0 Å². The number of thiophene rings is 1. The topological polar surface area (TPSA) is 58.6 Å². The lowest BCUT2D eigenvalue weighted by Gasteiger charge is -2.32. The van der Waals surface area contributed by atoms with Crippen molar-refractivity contribution in [2.75, 3.05) is 25.0 Å². The Bertz CT molecular complexity index is 941. The molecule has 5 nitrogen and oxygen atoms in total. The van der Waals surface area contributed by atoms with Gasteiger partial charge in [-0.05, 0) is 75.3 Å². The number of carbonyl (C=O) groups excluding carboxylic acids is 2. The number of nitrogens with zero attached hydrogens (tertiary/aromatic N) is 1. The third-order valence-corrected chi connectivity index (χ3v) is 7.82. The lowest BCUT2D eigenvalue weighted by Crippen LogP contribution is -2.40. The molecule has 1 unspecified atom stereocenters. The lowest BCUT2D eigenvalue weighted by atomic mass is 9.95. The van der Waals surface area contributed by atoms with Crippen LogP contribution in [-0.4, -0.2) is 36.5 Å². The first kappa shape index (κ1) is 22.5. The molecule has 2 aromatic rings. The van der Waals surface area contributed by atoms with Gasteiger partial charge in [0.1, 0.15) is 5.00 Å². The highest BCUT2D eigenvalue weighted by Crippen LogP contribution is 2.39. The third-order valence-electron chi connectivity index (χ3n) is 6.08. The first-order chi connectivity index (χ1) is 15.0. The molecule has 1 N–H and O–H groups in total. The van der Waals surface area contributed by atoms with Crippen molar-refractivity contribution in [3.05, 3.63) is 50.3 Å². The molecule has 1 aromatic carbocycles. The Morgan fingerprint density at radius 3 is 2.74 bits per heavy atom. The van der Waals surface area contributed by atoms with Gasteiger partial charge in [0.05, 0.1) is 18.1 Å². The first-order valence-electron chi connectivity index (χ1n) is 11.1. The van der Waals surface area contributed by atoms with E-state index in [-0.39, 0.29) is 17.8 Å². The van der Waals surface area contributed by atoms with Gasteiger partial charge in [0.25, 0.3) is 0 Å². The number of benzene rings is 1. The Morgan fingerprint density at radius 1 is 1.19 bits per heavy atom. The van der Waals surface area contributed by atoms with Crippen molar-refractivity contribution in [1.82, 2.24) is 4.90 Å². The molecule has 0 radical (unpaired) electrons. The molecule has 0 spiro atoms. The second-order valence-corrected chi connectivity index (χ2v) is 10.3. The van der Waals surface area contributed by atoms with Crippen molar-refractivity contribution < 1.29 is 14.3 Å². The zero-order valence-electron chi connectivity index (χ0n) is 17.9. The number of likely N-dealkylation sites (tertiary alicyclic amines) is 1. The second kappa shape index (κ2) is 10.3. The van der Waals surface area contributed by atoms with Gasteiger partial charge in [-0.15, -0.1) is 11.3 Å². The SMILES string of the molecule is CCOC(=O)c1c(NC(=O)C2CCCN(Cc3ccc(Br)cc3)C2)sc2c1CCCC2. The van der Waals surface area contributed by atoms with Crippen LogP contribution in [0.4, 0.5) is 5.00 Å². The summed E-state index contributed by atoms with van der Waals surface area (Å²) in [4.78, 5) is 29.4. The van der Waals surface area contributed by atoms with Gasteiger partial charge in [-0.1, -0.05) is 28.1 Å². The summed E-state index contributed by atoms with van der Waals surface area (Å²) in [5.74, 6) is -0.360. The number of amides is 1. The molecular weight excluding hydrogens is 476 g/mol. The summed E-state index contributed by atoms with van der Waals surface area (Å²) >= 11 is 5.04. The summed E-state index contributed by atoms with van der Waals surface area (Å²) in [6.45, 7) is 4.74. The number of halogens is 1. The van der Waals surface area contributed by atoms with E-state index in [1.807, 2.05) is 6.92 Å². The zero-order chi connectivity index (χ0) is 21.8. The van der Waals surface area contributed by atoms with Gasteiger partial charge in [0.2, 0.25) is 5.91 Å². The van der Waals surface area contributed by atoms with Crippen LogP contribution in [0.25, 0.3) is 0 Å². The van der Waals surface area contributed by atoms with Gasteiger partial charge in [0, 0.05) is 22.4 Å². The molecule has 2 aliphatic rings. The number of anilines is 1. The summed E-state index contributed by atoms with van der Waals surface area (Å²) < 4.78 is 6.39. The van der Waals surface area contributed by atoms with E-state index in [4.69, 9.17) is 4.74 Å². The summed E-state index contributed by atoms with van der Waals surface area (Å²) in [5, 5.41) is 3.80. The highest BCUT2D eigenvalue weighted by Gasteiger charge is 2.30. The van der Waals surface area contributed by atoms with E-state index in [2.05, 4.69) is 50.4 Å². The number of nitrogens with one attached hydrogen (secondary N) is 1. The summed E-state index contributed by atoms with van der Waals surface area (Å²) in [5.41, 5.74) is 2.93. The van der Waals surface area contributed by atoms with Gasteiger partial charge in [-0.2, -0.15) is 0 Å². The summed E-state index contributed by atoms with van der Waals surface area (Å²) in [6, 6.07) is 8.35. The molecule has 1 amide bonds. The van der Waals surface area contributed by atoms with Gasteiger partial charge in [0.15, 0.2) is 0 Å². The number of rotatable bonds is 6. The fraction of sp³-hybridized carbons (Fsp3) is 0.500. The molecule has 1 aliphatic heterocycles. The molecule has 1 fully saturated rings. The van der Waals surface area contributed by atoms with Crippen LogP contribution in [0.15, 0.2) is 28.7 Å². The molecule has 0 bridgehead atoms. The van der Waals surface area contributed by atoms with Crippen LogP contribution in [0.2, 0.25) is 0 Å². The van der Waals surface area contributed by atoms with Crippen molar-refractivity contribution in [2.45, 2.75) is 52.0 Å². The summed E-state index contributed by atoms with van der Waals surface area (Å²) in [7, 11) is 0. The van der Waals surface area contributed by atoms with Crippen LogP contribution in [0, 0.1) is 5.92 Å². The van der Waals surface area contributed by atoms with Crippen LogP contribution in [0.5, 0.6) is 0 Å². The van der Waals surface area contributed by atoms with Crippen LogP contribution < -0.4 is 5.32 Å². The Hall–Kier alpha value is -1.70. The number of aryl methyl sites for hydroxylation is 1. The lowest BCUT2D eigenvalue weighted by molar-refractivity contribution is -0.121. The highest BCUT2D eigenvalue weighted by molar-refractivity contribution is 9.10. The fourth-order valence-corrected chi connectivity index (χ4v) is 6.09. The van der Waals surface area contributed by atoms with Gasteiger partial charge in [-0.3, -0.25) is 9.69 Å². The maximum absolute atomic E-state index is 13.2. The minimum Gasteiger partial charge on any atom is -0.462 e. The van der Waals surface area contributed by atoms with Crippen LogP contribution in [0.3, 0.4) is 0 Å². The fourth-order valence-electron chi connectivity index (χ4n) is 4.55. The van der Waals surface area contributed by atoms with Crippen LogP contribution in [0.1, 0.15) is 59.0 Å². The predicted octanol–water partition coefficient (Wildman–Crippen LogP) is 5.42. The number of esters is 1. The average molecular weight is 505 g/mol. The van der Waals surface area contributed by atoms with Crippen molar-refractivity contribution in [3.63, 3.8) is 0 Å². The molecular formula is C24H29BrN2O3S. The number of carbonyl (C=O) groups is 2. The molecule has 4 rings (SSSR count). The Morgan fingerprint density at radius 2 is 1.97 bits per heavy atom. The minimum atomic E-state index is -0.308. The molecule has 0 saturated carbocycles. The van der Waals surface area contributed by atoms with Crippen molar-refractivity contribution in [2.24, 2.45) is 5.92 Å². The van der Waals surface area contributed by atoms with E-state index in [0.29, 0.717) is 17.2 Å². The number of hydrogen-bond donors (Lipinski definition) is 1. The normalized spacial score (nSPS) is 19.0. The smallest absolute Gasteiger partial charge is 0.341 e. The van der Waals surface area contributed by atoms with E-state index in [0.717, 1.165) is 68.2 Å². The molecule has 166 valence electrons. The van der Waals surface area contributed by atoms with Crippen LogP contribution in [-0.2, 0) is 28.9 Å². The Kier molecular flexibility index (Phi) is 7.46. The van der Waals surface area contributed by atoms with Gasteiger partial charge < -0.3 is 10.1 Å². The number of piperidine rings is 1. The molecule has 1 atom stereocenters. The maximum atomic E-state index is 13.2. The second-order valence-electron chi connectivity index (χ2n) is 8.33. The maximum Gasteiger partial charge on any atom is 0.341 e. The molecule has 2 heterocycles. The number of hydrogen-bond acceptors (Lipinski definition) is 5. The number of ether oxygens (including phenoxy) is 1. The predicted molar refractivity (Wildman–Crippen MR) is 128 cm³/mol. The first-order valence-corrected chi connectivity index (χ1v) is 12.8. The largest absolute Gasteiger partial charge is 0.462 e. The quantitative estimate of drug-likeness (QED) is 0.533. The minimum absolute atomic E-state index is 0.0182. The van der Waals surface area contributed by atoms with E-state index >= 15 is 0 Å². The molecule has 1 aromatic heterocycles. The zero-order valence-corrected chi connectivity index (χ0v) is 20.3. The van der Waals surface area contributed by atoms with Crippen molar-refractivity contribution in [3.8, 4) is 0 Å². The monoisotopic (exact) mass is 504 g/mol. The van der Waals surface area contributed by atoms with Gasteiger partial charge in [-0.25, -0.2) is 4.79 Å². The molecule has 31 heavy (non-hydrogen) atoms. The van der Waals surface area contributed by atoms with E-state index in [1.165, 1.54) is 10.4 Å². The Labute approximate surface area is 196 Å². The van der Waals surface area contributed by atoms with Crippen molar-refractivity contribution >= 4 is 44.1 Å². The third kappa shape index (κ3) is 5.38. The van der Waals surface area contributed by atoms with Crippen molar-refractivity contribution in [1.29, 1.82) is 0 Å². The molecule has 7 heteroatoms. The summed E-state index contributed by atoms with van der Waals surface area (Å²) in [6.07, 6.45) is 5.96. The molecule has 1 saturated heterocycles. The number of fused-ring (bicyclic) bond motifs is 1. The Balaban J connectivity index is 1.45. The van der Waals surface area contributed by atoms with Crippen LogP contribution >= 0.6 is 27.3 Å². The highest BCUT2D eigenvalue weighted by atomic mass is 79.9. The van der Waals surface area contributed by atoms with E-state index in [9.17, 15) is 9.59 Å².